The molecule has 8 heteroatoms. The predicted octanol–water partition coefficient (Wildman–Crippen LogP) is 7.81. The first-order valence-corrected chi connectivity index (χ1v) is 9.93. The van der Waals surface area contributed by atoms with E-state index in [2.05, 4.69) is 4.99 Å². The van der Waals surface area contributed by atoms with Gasteiger partial charge in [0.2, 0.25) is 0 Å². The molecule has 0 aliphatic heterocycles. The van der Waals surface area contributed by atoms with Crippen molar-refractivity contribution in [2.75, 3.05) is 0 Å². The number of hydrogen-bond donors (Lipinski definition) is 1. The molecule has 174 valence electrons. The van der Waals surface area contributed by atoms with Gasteiger partial charge in [0.15, 0.2) is 0 Å². The maximum Gasteiger partial charge on any atom is 0.416 e. The van der Waals surface area contributed by atoms with Gasteiger partial charge in [-0.25, -0.2) is 0 Å². The lowest BCUT2D eigenvalue weighted by atomic mass is 9.76. The third-order valence-electron chi connectivity index (χ3n) is 5.38. The van der Waals surface area contributed by atoms with Gasteiger partial charge in [-0.05, 0) is 42.3 Å². The summed E-state index contributed by atoms with van der Waals surface area (Å²) in [7, 11) is 0. The van der Waals surface area contributed by atoms with Crippen LogP contribution in [0.1, 0.15) is 47.2 Å². The number of phenols is 1. The van der Waals surface area contributed by atoms with Crippen molar-refractivity contribution in [2.24, 2.45) is 4.99 Å². The largest absolute Gasteiger partial charge is 0.507 e. The Labute approximate surface area is 187 Å². The van der Waals surface area contributed by atoms with E-state index in [0.717, 1.165) is 17.3 Å². The third kappa shape index (κ3) is 5.38. The van der Waals surface area contributed by atoms with Crippen molar-refractivity contribution in [1.29, 1.82) is 0 Å². The summed E-state index contributed by atoms with van der Waals surface area (Å²) in [6.07, 6.45) is -8.86. The standard InChI is InChI=1S/C25H21F6NO/c1-15-9-16(22(33)21(10-15)23(2,3)17-7-5-4-6-8-17)14-32-20-12-18(24(26,27)28)11-19(13-20)25(29,30)31/h4-14,33H,1-3H3. The summed E-state index contributed by atoms with van der Waals surface area (Å²) in [4.78, 5) is 3.84. The summed E-state index contributed by atoms with van der Waals surface area (Å²) in [5.74, 6) is -0.152. The molecule has 0 spiro atoms. The normalized spacial score (nSPS) is 13.0. The second kappa shape index (κ2) is 8.57. The SMILES string of the molecule is Cc1cc(C=Nc2cc(C(F)(F)F)cc(C(F)(F)F)c2)c(O)c(C(C)(C)c2ccccc2)c1. The summed E-state index contributed by atoms with van der Waals surface area (Å²) in [5.41, 5.74) is -1.67. The zero-order valence-electron chi connectivity index (χ0n) is 18.0. The molecule has 33 heavy (non-hydrogen) atoms. The monoisotopic (exact) mass is 465 g/mol. The minimum Gasteiger partial charge on any atom is -0.507 e. The number of phenolic OH excluding ortho intramolecular Hbond substituents is 1. The maximum absolute atomic E-state index is 13.1. The number of nitrogens with zero attached hydrogens (tertiary/aromatic N) is 1. The Balaban J connectivity index is 2.09. The van der Waals surface area contributed by atoms with Crippen LogP contribution in [0.5, 0.6) is 5.75 Å². The van der Waals surface area contributed by atoms with Crippen LogP contribution in [0.3, 0.4) is 0 Å². The third-order valence-corrected chi connectivity index (χ3v) is 5.38. The molecule has 0 heterocycles. The molecular formula is C25H21F6NO. The van der Waals surface area contributed by atoms with Crippen LogP contribution >= 0.6 is 0 Å². The number of halogens is 6. The number of aromatic hydroxyl groups is 1. The zero-order valence-corrected chi connectivity index (χ0v) is 18.0. The summed E-state index contributed by atoms with van der Waals surface area (Å²) in [6.45, 7) is 5.58. The minimum atomic E-state index is -4.97. The highest BCUT2D eigenvalue weighted by molar-refractivity contribution is 5.87. The molecule has 0 aliphatic rings. The van der Waals surface area contributed by atoms with Gasteiger partial charge in [0, 0.05) is 22.8 Å². The number of alkyl halides is 6. The average Bonchev–Trinajstić information content (AvgIpc) is 2.73. The summed E-state index contributed by atoms with van der Waals surface area (Å²) < 4.78 is 78.6. The molecule has 0 saturated carbocycles. The predicted molar refractivity (Wildman–Crippen MR) is 115 cm³/mol. The molecule has 0 fully saturated rings. The molecule has 0 atom stereocenters. The van der Waals surface area contributed by atoms with Crippen molar-refractivity contribution in [1.82, 2.24) is 0 Å². The fraction of sp³-hybridized carbons (Fsp3) is 0.240. The Morgan fingerprint density at radius 2 is 1.30 bits per heavy atom. The van der Waals surface area contributed by atoms with Crippen LogP contribution in [0.25, 0.3) is 0 Å². The van der Waals surface area contributed by atoms with E-state index in [1.54, 1.807) is 19.1 Å². The number of rotatable bonds is 4. The highest BCUT2D eigenvalue weighted by Crippen LogP contribution is 2.40. The lowest BCUT2D eigenvalue weighted by Gasteiger charge is -2.28. The molecule has 0 unspecified atom stereocenters. The van der Waals surface area contributed by atoms with Gasteiger partial charge >= 0.3 is 12.4 Å². The van der Waals surface area contributed by atoms with Crippen LogP contribution < -0.4 is 0 Å². The van der Waals surface area contributed by atoms with E-state index in [-0.39, 0.29) is 17.4 Å². The van der Waals surface area contributed by atoms with Crippen LogP contribution in [0, 0.1) is 6.92 Å². The van der Waals surface area contributed by atoms with Crippen molar-refractivity contribution in [2.45, 2.75) is 38.5 Å². The van der Waals surface area contributed by atoms with Gasteiger partial charge < -0.3 is 5.11 Å². The molecule has 3 rings (SSSR count). The second-order valence-electron chi connectivity index (χ2n) is 8.26. The topological polar surface area (TPSA) is 32.6 Å². The summed E-state index contributed by atoms with van der Waals surface area (Å²) >= 11 is 0. The molecule has 0 saturated heterocycles. The maximum atomic E-state index is 13.1. The van der Waals surface area contributed by atoms with Gasteiger partial charge in [-0.1, -0.05) is 50.2 Å². The van der Waals surface area contributed by atoms with Crippen molar-refractivity contribution >= 4 is 11.9 Å². The van der Waals surface area contributed by atoms with Crippen molar-refractivity contribution in [3.63, 3.8) is 0 Å². The van der Waals surface area contributed by atoms with Gasteiger partial charge in [0.25, 0.3) is 0 Å². The van der Waals surface area contributed by atoms with Crippen LogP contribution in [0.15, 0.2) is 65.7 Å². The molecule has 2 nitrogen and oxygen atoms in total. The Morgan fingerprint density at radius 3 is 1.82 bits per heavy atom. The molecule has 1 N–H and O–H groups in total. The Kier molecular flexibility index (Phi) is 6.33. The molecule has 0 amide bonds. The van der Waals surface area contributed by atoms with Crippen LogP contribution in [0.4, 0.5) is 32.0 Å². The van der Waals surface area contributed by atoms with Crippen LogP contribution in [-0.4, -0.2) is 11.3 Å². The number of hydrogen-bond acceptors (Lipinski definition) is 2. The minimum absolute atomic E-state index is 0.0453. The second-order valence-corrected chi connectivity index (χ2v) is 8.26. The van der Waals surface area contributed by atoms with Crippen LogP contribution in [-0.2, 0) is 17.8 Å². The fourth-order valence-electron chi connectivity index (χ4n) is 3.55. The average molecular weight is 465 g/mol. The quantitative estimate of drug-likeness (QED) is 0.309. The molecule has 3 aromatic rings. The molecule has 0 bridgehead atoms. The van der Waals surface area contributed by atoms with E-state index in [0.29, 0.717) is 17.7 Å². The smallest absolute Gasteiger partial charge is 0.416 e. The summed E-state index contributed by atoms with van der Waals surface area (Å²) in [6, 6.07) is 13.8. The number of aliphatic imine (C=N–C) groups is 1. The van der Waals surface area contributed by atoms with Gasteiger partial charge in [0.05, 0.1) is 16.8 Å². The highest BCUT2D eigenvalue weighted by Gasteiger charge is 2.37. The van der Waals surface area contributed by atoms with Crippen LogP contribution in [0.2, 0.25) is 0 Å². The van der Waals surface area contributed by atoms with Crippen molar-refractivity contribution < 1.29 is 31.4 Å². The number of aryl methyl sites for hydroxylation is 1. The fourth-order valence-corrected chi connectivity index (χ4v) is 3.55. The van der Waals surface area contributed by atoms with Gasteiger partial charge in [-0.2, -0.15) is 26.3 Å². The highest BCUT2D eigenvalue weighted by atomic mass is 19.4. The molecule has 0 aliphatic carbocycles. The molecule has 0 aromatic heterocycles. The van der Waals surface area contributed by atoms with E-state index in [1.807, 2.05) is 44.2 Å². The van der Waals surface area contributed by atoms with Gasteiger partial charge in [0.1, 0.15) is 5.75 Å². The first kappa shape index (κ1) is 24.4. The van der Waals surface area contributed by atoms with E-state index in [9.17, 15) is 31.4 Å². The van der Waals surface area contributed by atoms with Crippen molar-refractivity contribution in [3.05, 3.63) is 94.0 Å². The van der Waals surface area contributed by atoms with E-state index in [1.165, 1.54) is 0 Å². The molecular weight excluding hydrogens is 444 g/mol. The first-order chi connectivity index (χ1) is 15.2. The molecule has 3 aromatic carbocycles. The van der Waals surface area contributed by atoms with E-state index < -0.39 is 34.6 Å². The Bertz CT molecular complexity index is 1150. The Morgan fingerprint density at radius 1 is 0.758 bits per heavy atom. The van der Waals surface area contributed by atoms with Gasteiger partial charge in [-0.15, -0.1) is 0 Å². The number of benzene rings is 3. The first-order valence-electron chi connectivity index (χ1n) is 9.93. The zero-order chi connectivity index (χ0) is 24.6. The van der Waals surface area contributed by atoms with E-state index >= 15 is 0 Å². The Hall–Kier alpha value is -3.29. The summed E-state index contributed by atoms with van der Waals surface area (Å²) in [5, 5.41) is 10.9. The lowest BCUT2D eigenvalue weighted by molar-refractivity contribution is -0.143. The van der Waals surface area contributed by atoms with E-state index in [4.69, 9.17) is 0 Å². The lowest BCUT2D eigenvalue weighted by Crippen LogP contribution is -2.19. The van der Waals surface area contributed by atoms with Gasteiger partial charge in [-0.3, -0.25) is 4.99 Å². The van der Waals surface area contributed by atoms with Crippen molar-refractivity contribution in [3.8, 4) is 5.75 Å². The molecule has 0 radical (unpaired) electrons.